The SMILES string of the molecule is COC(=O)c1sc([N+](=O)[O-])cc1N=NN(C)C. The first kappa shape index (κ1) is 13.0. The molecular weight excluding hydrogens is 248 g/mol. The number of ether oxygens (including phenoxy) is 1. The van der Waals surface area contributed by atoms with Gasteiger partial charge in [-0.15, -0.1) is 5.11 Å². The molecule has 0 radical (unpaired) electrons. The van der Waals surface area contributed by atoms with Crippen LogP contribution in [0.25, 0.3) is 0 Å². The molecule has 0 aliphatic heterocycles. The van der Waals surface area contributed by atoms with Crippen molar-refractivity contribution >= 4 is 28.0 Å². The predicted octanol–water partition coefficient (Wildman–Crippen LogP) is 2.00. The van der Waals surface area contributed by atoms with E-state index in [0.717, 1.165) is 0 Å². The van der Waals surface area contributed by atoms with Crippen molar-refractivity contribution in [2.75, 3.05) is 21.2 Å². The van der Waals surface area contributed by atoms with Crippen LogP contribution in [0.3, 0.4) is 0 Å². The van der Waals surface area contributed by atoms with E-state index in [2.05, 4.69) is 15.1 Å². The summed E-state index contributed by atoms with van der Waals surface area (Å²) in [5.74, 6) is -0.671. The van der Waals surface area contributed by atoms with Gasteiger partial charge in [0, 0.05) is 14.1 Å². The second kappa shape index (κ2) is 5.34. The van der Waals surface area contributed by atoms with Crippen molar-refractivity contribution < 1.29 is 14.5 Å². The maximum atomic E-state index is 11.4. The number of esters is 1. The third-order valence-corrected chi connectivity index (χ3v) is 2.64. The van der Waals surface area contributed by atoms with Crippen LogP contribution in [0.2, 0.25) is 0 Å². The minimum absolute atomic E-state index is 0.0600. The lowest BCUT2D eigenvalue weighted by Crippen LogP contribution is -2.00. The summed E-state index contributed by atoms with van der Waals surface area (Å²) < 4.78 is 4.51. The monoisotopic (exact) mass is 258 g/mol. The van der Waals surface area contributed by atoms with Crippen molar-refractivity contribution in [2.45, 2.75) is 0 Å². The van der Waals surface area contributed by atoms with Gasteiger partial charge in [0.1, 0.15) is 10.6 Å². The van der Waals surface area contributed by atoms with Gasteiger partial charge in [0.25, 0.3) is 0 Å². The fraction of sp³-hybridized carbons (Fsp3) is 0.375. The molecule has 0 amide bonds. The molecule has 0 N–H and O–H groups in total. The first-order valence-electron chi connectivity index (χ1n) is 4.41. The molecule has 9 heteroatoms. The van der Waals surface area contributed by atoms with E-state index >= 15 is 0 Å². The Morgan fingerprint density at radius 1 is 1.59 bits per heavy atom. The molecule has 0 atom stereocenters. The smallest absolute Gasteiger partial charge is 0.350 e. The first-order valence-corrected chi connectivity index (χ1v) is 5.23. The number of hydrogen-bond acceptors (Lipinski definition) is 7. The predicted molar refractivity (Wildman–Crippen MR) is 60.5 cm³/mol. The molecule has 0 saturated carbocycles. The number of rotatable bonds is 4. The Bertz CT molecular complexity index is 468. The topological polar surface area (TPSA) is 97.4 Å². The van der Waals surface area contributed by atoms with Crippen LogP contribution < -0.4 is 0 Å². The molecule has 0 saturated heterocycles. The molecule has 8 nitrogen and oxygen atoms in total. The summed E-state index contributed by atoms with van der Waals surface area (Å²) in [5, 5.41) is 19.2. The number of carbonyl (C=O) groups excluding carboxylic acids is 1. The maximum absolute atomic E-state index is 11.4. The largest absolute Gasteiger partial charge is 0.465 e. The highest BCUT2D eigenvalue weighted by Crippen LogP contribution is 2.35. The minimum atomic E-state index is -0.671. The minimum Gasteiger partial charge on any atom is -0.465 e. The molecule has 1 rings (SSSR count). The lowest BCUT2D eigenvalue weighted by Gasteiger charge is -2.00. The third kappa shape index (κ3) is 3.21. The molecule has 1 heterocycles. The van der Waals surface area contributed by atoms with Crippen LogP contribution in [0.1, 0.15) is 9.67 Å². The maximum Gasteiger partial charge on any atom is 0.350 e. The molecule has 0 fully saturated rings. The molecule has 0 unspecified atom stereocenters. The Hall–Kier alpha value is -2.03. The van der Waals surface area contributed by atoms with Crippen LogP contribution >= 0.6 is 11.3 Å². The number of carbonyl (C=O) groups is 1. The van der Waals surface area contributed by atoms with E-state index in [1.165, 1.54) is 18.2 Å². The van der Waals surface area contributed by atoms with Gasteiger partial charge in [-0.25, -0.2) is 4.79 Å². The molecule has 0 spiro atoms. The van der Waals surface area contributed by atoms with Crippen molar-refractivity contribution in [1.29, 1.82) is 0 Å². The highest BCUT2D eigenvalue weighted by atomic mass is 32.1. The molecule has 0 aliphatic rings. The number of methoxy groups -OCH3 is 1. The van der Waals surface area contributed by atoms with Crippen molar-refractivity contribution in [3.8, 4) is 0 Å². The van der Waals surface area contributed by atoms with Gasteiger partial charge in [-0.3, -0.25) is 15.1 Å². The van der Waals surface area contributed by atoms with Crippen molar-refractivity contribution in [2.24, 2.45) is 10.3 Å². The van der Waals surface area contributed by atoms with E-state index in [-0.39, 0.29) is 15.6 Å². The molecule has 1 aromatic heterocycles. The quantitative estimate of drug-likeness (QED) is 0.356. The second-order valence-corrected chi connectivity index (χ2v) is 4.11. The number of hydrogen-bond donors (Lipinski definition) is 0. The Morgan fingerprint density at radius 3 is 2.71 bits per heavy atom. The Morgan fingerprint density at radius 2 is 2.24 bits per heavy atom. The molecule has 0 aromatic carbocycles. The number of nitrogens with zero attached hydrogens (tertiary/aromatic N) is 4. The van der Waals surface area contributed by atoms with Gasteiger partial charge in [0.2, 0.25) is 0 Å². The number of nitro groups is 1. The molecule has 17 heavy (non-hydrogen) atoms. The third-order valence-electron chi connectivity index (χ3n) is 1.58. The van der Waals surface area contributed by atoms with E-state index < -0.39 is 10.9 Å². The van der Waals surface area contributed by atoms with Gasteiger partial charge in [0.15, 0.2) is 0 Å². The zero-order valence-corrected chi connectivity index (χ0v) is 10.2. The second-order valence-electron chi connectivity index (χ2n) is 3.08. The lowest BCUT2D eigenvalue weighted by atomic mass is 10.4. The molecule has 1 aromatic rings. The van der Waals surface area contributed by atoms with Crippen LogP contribution in [-0.4, -0.2) is 37.1 Å². The zero-order valence-electron chi connectivity index (χ0n) is 9.41. The standard InChI is InChI=1S/C8H10N4O4S/c1-11(2)10-9-5-4-6(12(14)15)17-7(5)8(13)16-3/h4H,1-3H3. The van der Waals surface area contributed by atoms with E-state index in [1.807, 2.05) is 0 Å². The Kier molecular flexibility index (Phi) is 4.10. The summed E-state index contributed by atoms with van der Waals surface area (Å²) in [6, 6.07) is 1.18. The summed E-state index contributed by atoms with van der Waals surface area (Å²) in [5.41, 5.74) is 0.127. The van der Waals surface area contributed by atoms with Crippen molar-refractivity contribution in [1.82, 2.24) is 5.01 Å². The van der Waals surface area contributed by atoms with Crippen LogP contribution in [-0.2, 0) is 4.74 Å². The molecule has 0 aliphatic carbocycles. The highest BCUT2D eigenvalue weighted by Gasteiger charge is 2.22. The van der Waals surface area contributed by atoms with E-state index in [9.17, 15) is 14.9 Å². The fourth-order valence-corrected chi connectivity index (χ4v) is 1.73. The van der Waals surface area contributed by atoms with Gasteiger partial charge in [-0.1, -0.05) is 16.6 Å². The summed E-state index contributed by atoms with van der Waals surface area (Å²) in [6.07, 6.45) is 0. The summed E-state index contributed by atoms with van der Waals surface area (Å²) in [7, 11) is 4.48. The van der Waals surface area contributed by atoms with E-state index in [4.69, 9.17) is 0 Å². The average Bonchev–Trinajstić information content (AvgIpc) is 2.69. The highest BCUT2D eigenvalue weighted by molar-refractivity contribution is 7.17. The van der Waals surface area contributed by atoms with Gasteiger partial charge in [-0.05, 0) is 0 Å². The molecule has 92 valence electrons. The van der Waals surface area contributed by atoms with Crippen LogP contribution in [0.4, 0.5) is 10.7 Å². The normalized spacial score (nSPS) is 10.5. The number of thiophene rings is 1. The van der Waals surface area contributed by atoms with E-state index in [1.54, 1.807) is 14.1 Å². The van der Waals surface area contributed by atoms with Crippen LogP contribution in [0.15, 0.2) is 16.4 Å². The molecular formula is C8H10N4O4S. The Labute approximate surface area is 101 Å². The van der Waals surface area contributed by atoms with Crippen LogP contribution in [0.5, 0.6) is 0 Å². The van der Waals surface area contributed by atoms with E-state index in [0.29, 0.717) is 11.3 Å². The first-order chi connectivity index (χ1) is 7.95. The average molecular weight is 258 g/mol. The van der Waals surface area contributed by atoms with Crippen molar-refractivity contribution in [3.05, 3.63) is 21.1 Å². The lowest BCUT2D eigenvalue weighted by molar-refractivity contribution is -0.380. The Balaban J connectivity index is 3.16. The van der Waals surface area contributed by atoms with Crippen LogP contribution in [0, 0.1) is 10.1 Å². The summed E-state index contributed by atoms with van der Waals surface area (Å²) >= 11 is 0.706. The van der Waals surface area contributed by atoms with Gasteiger partial charge < -0.3 is 4.74 Å². The fourth-order valence-electron chi connectivity index (χ4n) is 0.910. The van der Waals surface area contributed by atoms with Gasteiger partial charge >= 0.3 is 11.0 Å². The molecule has 0 bridgehead atoms. The summed E-state index contributed by atoms with van der Waals surface area (Å²) in [4.78, 5) is 21.4. The zero-order chi connectivity index (χ0) is 13.0. The van der Waals surface area contributed by atoms with Crippen molar-refractivity contribution in [3.63, 3.8) is 0 Å². The summed E-state index contributed by atoms with van der Waals surface area (Å²) in [6.45, 7) is 0. The van der Waals surface area contributed by atoms with Gasteiger partial charge in [-0.2, -0.15) is 0 Å². The van der Waals surface area contributed by atoms with Gasteiger partial charge in [0.05, 0.1) is 18.1 Å².